The van der Waals surface area contributed by atoms with Crippen molar-refractivity contribution in [1.82, 2.24) is 9.88 Å². The molecule has 1 aromatic heterocycles. The van der Waals surface area contributed by atoms with Crippen LogP contribution in [0.15, 0.2) is 42.6 Å². The first kappa shape index (κ1) is 18.4. The number of nitrogens with zero attached hydrogens (tertiary/aromatic N) is 3. The van der Waals surface area contributed by atoms with Crippen LogP contribution in [-0.2, 0) is 16.9 Å². The Labute approximate surface area is 171 Å². The largest absolute Gasteiger partial charge is 0.365 e. The maximum absolute atomic E-state index is 12.7. The van der Waals surface area contributed by atoms with E-state index in [0.717, 1.165) is 37.4 Å². The summed E-state index contributed by atoms with van der Waals surface area (Å²) in [4.78, 5) is 21.5. The molecular weight excluding hydrogens is 364 g/mol. The average molecular weight is 393 g/mol. The molecule has 0 saturated carbocycles. The number of hydrogen-bond acceptors (Lipinski definition) is 4. The number of hydrogen-bond donors (Lipinski definition) is 1. The van der Waals surface area contributed by atoms with E-state index in [0.29, 0.717) is 19.7 Å². The van der Waals surface area contributed by atoms with Crippen molar-refractivity contribution in [3.63, 3.8) is 0 Å². The highest BCUT2D eigenvalue weighted by atomic mass is 16.5. The number of benzene rings is 1. The zero-order valence-corrected chi connectivity index (χ0v) is 16.8. The van der Waals surface area contributed by atoms with Gasteiger partial charge in [-0.25, -0.2) is 9.78 Å². The maximum Gasteiger partial charge on any atom is 0.321 e. The monoisotopic (exact) mass is 392 g/mol. The molecule has 2 fully saturated rings. The van der Waals surface area contributed by atoms with Crippen LogP contribution in [-0.4, -0.2) is 42.1 Å². The summed E-state index contributed by atoms with van der Waals surface area (Å²) in [5, 5.41) is 3.01. The Morgan fingerprint density at radius 3 is 2.55 bits per heavy atom. The molecule has 3 aliphatic rings. The minimum Gasteiger partial charge on any atom is -0.365 e. The first-order valence-electron chi connectivity index (χ1n) is 10.7. The van der Waals surface area contributed by atoms with E-state index in [9.17, 15) is 4.79 Å². The van der Waals surface area contributed by atoms with E-state index in [4.69, 9.17) is 4.74 Å². The van der Waals surface area contributed by atoms with Crippen LogP contribution in [0.5, 0.6) is 0 Å². The van der Waals surface area contributed by atoms with Crippen LogP contribution in [0, 0.1) is 0 Å². The fraction of sp³-hybridized carbons (Fsp3) is 0.478. The molecule has 6 nitrogen and oxygen atoms in total. The van der Waals surface area contributed by atoms with Crippen molar-refractivity contribution in [1.29, 1.82) is 0 Å². The summed E-state index contributed by atoms with van der Waals surface area (Å²) in [7, 11) is 0. The van der Waals surface area contributed by atoms with Crippen LogP contribution < -0.4 is 10.2 Å². The number of urea groups is 1. The second-order valence-electron chi connectivity index (χ2n) is 8.31. The maximum atomic E-state index is 12.7. The van der Waals surface area contributed by atoms with Crippen LogP contribution in [0.4, 0.5) is 16.3 Å². The lowest BCUT2D eigenvalue weighted by molar-refractivity contribution is -0.0722. The molecule has 1 N–H and O–H groups in total. The molecular formula is C23H28N4O2. The van der Waals surface area contributed by atoms with Gasteiger partial charge in [0.05, 0.1) is 24.1 Å². The van der Waals surface area contributed by atoms with Crippen molar-refractivity contribution in [2.75, 3.05) is 36.4 Å². The first-order valence-corrected chi connectivity index (χ1v) is 10.7. The van der Waals surface area contributed by atoms with Gasteiger partial charge in [-0.1, -0.05) is 24.3 Å². The van der Waals surface area contributed by atoms with E-state index in [1.165, 1.54) is 30.4 Å². The first-order chi connectivity index (χ1) is 14.2. The molecule has 0 radical (unpaired) electrons. The van der Waals surface area contributed by atoms with Gasteiger partial charge in [0, 0.05) is 26.2 Å². The zero-order valence-electron chi connectivity index (χ0n) is 16.8. The highest BCUT2D eigenvalue weighted by Crippen LogP contribution is 2.44. The van der Waals surface area contributed by atoms with Crippen LogP contribution in [0.25, 0.3) is 0 Å². The summed E-state index contributed by atoms with van der Waals surface area (Å²) in [5.74, 6) is 1.000. The third-order valence-electron chi connectivity index (χ3n) is 6.55. The Hall–Kier alpha value is -2.60. The molecule has 2 aromatic rings. The topological polar surface area (TPSA) is 57.7 Å². The minimum absolute atomic E-state index is 0.0568. The Morgan fingerprint density at radius 1 is 1.00 bits per heavy atom. The second-order valence-corrected chi connectivity index (χ2v) is 8.31. The lowest BCUT2D eigenvalue weighted by Gasteiger charge is -2.39. The van der Waals surface area contributed by atoms with Crippen LogP contribution in [0.3, 0.4) is 0 Å². The predicted molar refractivity (Wildman–Crippen MR) is 113 cm³/mol. The van der Waals surface area contributed by atoms with E-state index in [1.807, 2.05) is 17.0 Å². The van der Waals surface area contributed by atoms with Crippen molar-refractivity contribution in [2.24, 2.45) is 0 Å². The van der Waals surface area contributed by atoms with Crippen molar-refractivity contribution in [2.45, 2.75) is 44.3 Å². The van der Waals surface area contributed by atoms with E-state index in [-0.39, 0.29) is 11.6 Å². The van der Waals surface area contributed by atoms with Crippen molar-refractivity contribution in [3.8, 4) is 0 Å². The average Bonchev–Trinajstić information content (AvgIpc) is 3.14. The van der Waals surface area contributed by atoms with E-state index < -0.39 is 0 Å². The number of nitrogens with one attached hydrogen (secondary N) is 1. The number of likely N-dealkylation sites (tertiary alicyclic amines) is 1. The molecule has 2 saturated heterocycles. The van der Waals surface area contributed by atoms with Crippen LogP contribution in [0.1, 0.15) is 43.2 Å². The van der Waals surface area contributed by atoms with Gasteiger partial charge in [0.2, 0.25) is 0 Å². The number of carbonyl (C=O) groups excluding carboxylic acids is 1. The van der Waals surface area contributed by atoms with E-state index in [2.05, 4.69) is 39.5 Å². The summed E-state index contributed by atoms with van der Waals surface area (Å²) in [5.41, 5.74) is 3.12. The summed E-state index contributed by atoms with van der Waals surface area (Å²) >= 11 is 0. The summed E-state index contributed by atoms with van der Waals surface area (Å²) in [6.45, 7) is 4.20. The Balaban J connectivity index is 1.18. The number of fused-ring (bicyclic) bond motifs is 2. The molecule has 1 aromatic carbocycles. The smallest absolute Gasteiger partial charge is 0.321 e. The molecule has 3 aliphatic heterocycles. The number of anilines is 2. The Bertz CT molecular complexity index is 869. The fourth-order valence-corrected chi connectivity index (χ4v) is 4.84. The summed E-state index contributed by atoms with van der Waals surface area (Å²) in [6, 6.07) is 12.4. The lowest BCUT2D eigenvalue weighted by Crippen LogP contribution is -2.46. The Morgan fingerprint density at radius 2 is 1.79 bits per heavy atom. The minimum atomic E-state index is -0.217. The Kier molecular flexibility index (Phi) is 4.87. The fourth-order valence-electron chi connectivity index (χ4n) is 4.84. The number of rotatable bonds is 2. The van der Waals surface area contributed by atoms with Gasteiger partial charge in [-0.3, -0.25) is 0 Å². The second kappa shape index (κ2) is 7.67. The van der Waals surface area contributed by atoms with Gasteiger partial charge in [0.25, 0.3) is 0 Å². The summed E-state index contributed by atoms with van der Waals surface area (Å²) < 4.78 is 6.20. The van der Waals surface area contributed by atoms with Gasteiger partial charge in [-0.2, -0.15) is 0 Å². The molecule has 5 rings (SSSR count). The van der Waals surface area contributed by atoms with Gasteiger partial charge >= 0.3 is 6.03 Å². The SMILES string of the molecule is O=C(Nc1ccc(N2CCCCC2)nc1)N1CCC2(CC1)OCc1ccccc12. The van der Waals surface area contributed by atoms with E-state index in [1.54, 1.807) is 6.20 Å². The van der Waals surface area contributed by atoms with Gasteiger partial charge in [-0.15, -0.1) is 0 Å². The molecule has 152 valence electrons. The van der Waals surface area contributed by atoms with Crippen LogP contribution in [0.2, 0.25) is 0 Å². The van der Waals surface area contributed by atoms with E-state index >= 15 is 0 Å². The van der Waals surface area contributed by atoms with Crippen molar-refractivity contribution >= 4 is 17.5 Å². The number of amides is 2. The molecule has 6 heteroatoms. The highest BCUT2D eigenvalue weighted by molar-refractivity contribution is 5.89. The molecule has 0 unspecified atom stereocenters. The zero-order chi connectivity index (χ0) is 19.7. The third-order valence-corrected chi connectivity index (χ3v) is 6.55. The number of piperidine rings is 2. The summed E-state index contributed by atoms with van der Waals surface area (Å²) in [6.07, 6.45) is 7.20. The molecule has 0 aliphatic carbocycles. The lowest BCUT2D eigenvalue weighted by atomic mass is 9.84. The molecule has 1 spiro atoms. The van der Waals surface area contributed by atoms with Gasteiger partial charge < -0.3 is 19.9 Å². The number of carbonyl (C=O) groups is 1. The third kappa shape index (κ3) is 3.57. The number of aromatic nitrogens is 1. The molecule has 4 heterocycles. The van der Waals surface area contributed by atoms with Gasteiger partial charge in [-0.05, 0) is 55.4 Å². The van der Waals surface area contributed by atoms with Crippen molar-refractivity contribution in [3.05, 3.63) is 53.7 Å². The molecule has 0 atom stereocenters. The number of ether oxygens (including phenoxy) is 1. The van der Waals surface area contributed by atoms with Crippen molar-refractivity contribution < 1.29 is 9.53 Å². The van der Waals surface area contributed by atoms with Crippen LogP contribution >= 0.6 is 0 Å². The standard InChI is InChI=1S/C23H28N4O2/c28-22(25-19-8-9-21(24-16-19)26-12-4-1-5-13-26)27-14-10-23(11-15-27)20-7-3-2-6-18(20)17-29-23/h2-3,6-9,16H,1,4-5,10-15,17H2,(H,25,28). The predicted octanol–water partition coefficient (Wildman–Crippen LogP) is 4.13. The molecule has 2 amide bonds. The normalized spacial score (nSPS) is 20.6. The quantitative estimate of drug-likeness (QED) is 0.835. The van der Waals surface area contributed by atoms with Gasteiger partial charge in [0.15, 0.2) is 0 Å². The van der Waals surface area contributed by atoms with Gasteiger partial charge in [0.1, 0.15) is 5.82 Å². The molecule has 0 bridgehead atoms. The number of pyridine rings is 1. The molecule has 29 heavy (non-hydrogen) atoms. The highest BCUT2D eigenvalue weighted by Gasteiger charge is 2.43.